The topological polar surface area (TPSA) is 46.5 Å². The second-order valence-corrected chi connectivity index (χ2v) is 3.49. The fourth-order valence-corrected chi connectivity index (χ4v) is 1.27. The van der Waals surface area contributed by atoms with Crippen molar-refractivity contribution in [3.8, 4) is 0 Å². The van der Waals surface area contributed by atoms with Crippen LogP contribution in [0.25, 0.3) is 0 Å². The molecule has 0 heterocycles. The number of rotatable bonds is 2. The van der Waals surface area contributed by atoms with Gasteiger partial charge in [-0.3, -0.25) is 0 Å². The SMILES string of the molecule is COC(=O)C(O)c1ccccc1.c1ccccc1. The van der Waals surface area contributed by atoms with Crippen LogP contribution in [-0.2, 0) is 9.53 Å². The smallest absolute Gasteiger partial charge is 0.339 e. The van der Waals surface area contributed by atoms with Gasteiger partial charge in [0.15, 0.2) is 6.10 Å². The number of carbonyl (C=O) groups excluding carboxylic acids is 1. The van der Waals surface area contributed by atoms with Gasteiger partial charge in [0.1, 0.15) is 0 Å². The van der Waals surface area contributed by atoms with Crippen LogP contribution in [0.4, 0.5) is 0 Å². The van der Waals surface area contributed by atoms with Crippen LogP contribution < -0.4 is 0 Å². The Morgan fingerprint density at radius 2 is 1.33 bits per heavy atom. The first-order chi connectivity index (χ1) is 8.75. The highest BCUT2D eigenvalue weighted by Gasteiger charge is 2.16. The lowest BCUT2D eigenvalue weighted by Gasteiger charge is -2.07. The number of benzene rings is 2. The summed E-state index contributed by atoms with van der Waals surface area (Å²) in [7, 11) is 1.24. The van der Waals surface area contributed by atoms with Gasteiger partial charge in [0.2, 0.25) is 0 Å². The molecule has 0 fully saturated rings. The highest BCUT2D eigenvalue weighted by molar-refractivity contribution is 5.75. The van der Waals surface area contributed by atoms with E-state index < -0.39 is 12.1 Å². The fraction of sp³-hybridized carbons (Fsp3) is 0.133. The molecule has 0 aliphatic carbocycles. The third-order valence-corrected chi connectivity index (χ3v) is 2.21. The molecule has 0 radical (unpaired) electrons. The van der Waals surface area contributed by atoms with Crippen molar-refractivity contribution in [2.24, 2.45) is 0 Å². The number of hydrogen-bond acceptors (Lipinski definition) is 3. The monoisotopic (exact) mass is 244 g/mol. The van der Waals surface area contributed by atoms with Gasteiger partial charge in [0.05, 0.1) is 7.11 Å². The molecule has 0 aromatic heterocycles. The molecule has 2 aromatic carbocycles. The third-order valence-electron chi connectivity index (χ3n) is 2.21. The van der Waals surface area contributed by atoms with Gasteiger partial charge < -0.3 is 9.84 Å². The van der Waals surface area contributed by atoms with Crippen molar-refractivity contribution in [2.45, 2.75) is 6.10 Å². The first-order valence-electron chi connectivity index (χ1n) is 5.56. The van der Waals surface area contributed by atoms with E-state index in [2.05, 4.69) is 4.74 Å². The lowest BCUT2D eigenvalue weighted by Crippen LogP contribution is -2.13. The maximum atomic E-state index is 10.8. The van der Waals surface area contributed by atoms with Gasteiger partial charge in [0, 0.05) is 0 Å². The Morgan fingerprint density at radius 3 is 1.72 bits per heavy atom. The lowest BCUT2D eigenvalue weighted by atomic mass is 10.1. The van der Waals surface area contributed by atoms with Gasteiger partial charge in [-0.05, 0) is 5.56 Å². The Labute approximate surface area is 107 Å². The van der Waals surface area contributed by atoms with Gasteiger partial charge in [0.25, 0.3) is 0 Å². The largest absolute Gasteiger partial charge is 0.467 e. The van der Waals surface area contributed by atoms with Crippen molar-refractivity contribution in [3.63, 3.8) is 0 Å². The van der Waals surface area contributed by atoms with E-state index in [1.165, 1.54) is 7.11 Å². The molecule has 18 heavy (non-hydrogen) atoms. The van der Waals surface area contributed by atoms with Crippen molar-refractivity contribution < 1.29 is 14.6 Å². The fourth-order valence-electron chi connectivity index (χ4n) is 1.27. The summed E-state index contributed by atoms with van der Waals surface area (Å²) in [5.74, 6) is -0.638. The quantitative estimate of drug-likeness (QED) is 0.826. The molecule has 0 amide bonds. The molecule has 0 saturated heterocycles. The van der Waals surface area contributed by atoms with Gasteiger partial charge in [-0.25, -0.2) is 4.79 Å². The molecular formula is C15H16O3. The van der Waals surface area contributed by atoms with Gasteiger partial charge in [-0.1, -0.05) is 66.7 Å². The van der Waals surface area contributed by atoms with Crippen LogP contribution in [0.3, 0.4) is 0 Å². The molecule has 1 unspecified atom stereocenters. The van der Waals surface area contributed by atoms with Crippen LogP contribution in [0, 0.1) is 0 Å². The molecular weight excluding hydrogens is 228 g/mol. The number of aliphatic hydroxyl groups excluding tert-OH is 1. The van der Waals surface area contributed by atoms with Crippen LogP contribution in [0.5, 0.6) is 0 Å². The number of esters is 1. The van der Waals surface area contributed by atoms with Crippen molar-refractivity contribution in [2.75, 3.05) is 7.11 Å². The normalized spacial score (nSPS) is 10.8. The summed E-state index contributed by atoms with van der Waals surface area (Å²) in [5, 5.41) is 9.31. The number of methoxy groups -OCH3 is 1. The van der Waals surface area contributed by atoms with Gasteiger partial charge in [-0.15, -0.1) is 0 Å². The zero-order valence-electron chi connectivity index (χ0n) is 10.2. The first-order valence-corrected chi connectivity index (χ1v) is 5.56. The Morgan fingerprint density at radius 1 is 0.944 bits per heavy atom. The third kappa shape index (κ3) is 4.80. The summed E-state index contributed by atoms with van der Waals surface area (Å²) in [4.78, 5) is 10.8. The number of aliphatic hydroxyl groups is 1. The zero-order valence-corrected chi connectivity index (χ0v) is 10.2. The maximum Gasteiger partial charge on any atom is 0.339 e. The average Bonchev–Trinajstić information content (AvgIpc) is 2.49. The van der Waals surface area contributed by atoms with Crippen molar-refractivity contribution in [1.29, 1.82) is 0 Å². The molecule has 2 aromatic rings. The minimum atomic E-state index is -1.17. The zero-order chi connectivity index (χ0) is 13.2. The van der Waals surface area contributed by atoms with Crippen LogP contribution in [0.2, 0.25) is 0 Å². The number of hydrogen-bond donors (Lipinski definition) is 1. The Hall–Kier alpha value is -2.13. The number of ether oxygens (including phenoxy) is 1. The number of carbonyl (C=O) groups is 1. The van der Waals surface area contributed by atoms with Crippen LogP contribution in [-0.4, -0.2) is 18.2 Å². The second kappa shape index (κ2) is 8.03. The Bertz CT molecular complexity index is 413. The molecule has 0 saturated carbocycles. The van der Waals surface area contributed by atoms with Crippen LogP contribution in [0.15, 0.2) is 66.7 Å². The van der Waals surface area contributed by atoms with Crippen LogP contribution in [0.1, 0.15) is 11.7 Å². The van der Waals surface area contributed by atoms with E-state index >= 15 is 0 Å². The second-order valence-electron chi connectivity index (χ2n) is 3.49. The van der Waals surface area contributed by atoms with E-state index in [0.717, 1.165) is 0 Å². The summed E-state index contributed by atoms with van der Waals surface area (Å²) in [6, 6.07) is 20.7. The Balaban J connectivity index is 0.000000225. The van der Waals surface area contributed by atoms with Gasteiger partial charge >= 0.3 is 5.97 Å². The predicted molar refractivity (Wildman–Crippen MR) is 69.9 cm³/mol. The standard InChI is InChI=1S/C9H10O3.C6H6/c1-12-9(11)8(10)7-5-3-2-4-6-7;1-2-4-6-5-3-1/h2-6,8,10H,1H3;1-6H. The molecule has 0 aliphatic heterocycles. The molecule has 0 spiro atoms. The first kappa shape index (κ1) is 13.9. The Kier molecular flexibility index (Phi) is 6.22. The highest BCUT2D eigenvalue weighted by atomic mass is 16.5. The summed E-state index contributed by atoms with van der Waals surface area (Å²) in [6.07, 6.45) is -1.17. The van der Waals surface area contributed by atoms with E-state index in [1.54, 1.807) is 24.3 Å². The van der Waals surface area contributed by atoms with E-state index in [0.29, 0.717) is 5.56 Å². The molecule has 3 heteroatoms. The summed E-state index contributed by atoms with van der Waals surface area (Å²) in [6.45, 7) is 0. The molecule has 1 N–H and O–H groups in total. The molecule has 2 rings (SSSR count). The minimum Gasteiger partial charge on any atom is -0.467 e. The predicted octanol–water partition coefficient (Wildman–Crippen LogP) is 2.58. The lowest BCUT2D eigenvalue weighted by molar-refractivity contribution is -0.150. The van der Waals surface area contributed by atoms with E-state index in [4.69, 9.17) is 0 Å². The molecule has 1 atom stereocenters. The van der Waals surface area contributed by atoms with E-state index in [9.17, 15) is 9.90 Å². The summed E-state index contributed by atoms with van der Waals surface area (Å²) < 4.78 is 4.38. The molecule has 0 aliphatic rings. The minimum absolute atomic E-state index is 0.546. The molecule has 3 nitrogen and oxygen atoms in total. The highest BCUT2D eigenvalue weighted by Crippen LogP contribution is 2.12. The maximum absolute atomic E-state index is 10.8. The van der Waals surface area contributed by atoms with Crippen molar-refractivity contribution >= 4 is 5.97 Å². The summed E-state index contributed by atoms with van der Waals surface area (Å²) in [5.41, 5.74) is 0.546. The summed E-state index contributed by atoms with van der Waals surface area (Å²) >= 11 is 0. The van der Waals surface area contributed by atoms with Crippen LogP contribution >= 0.6 is 0 Å². The van der Waals surface area contributed by atoms with E-state index in [1.807, 2.05) is 42.5 Å². The van der Waals surface area contributed by atoms with Gasteiger partial charge in [-0.2, -0.15) is 0 Å². The van der Waals surface area contributed by atoms with Crippen molar-refractivity contribution in [1.82, 2.24) is 0 Å². The molecule has 94 valence electrons. The van der Waals surface area contributed by atoms with E-state index in [-0.39, 0.29) is 0 Å². The average molecular weight is 244 g/mol. The molecule has 0 bridgehead atoms. The van der Waals surface area contributed by atoms with Crippen molar-refractivity contribution in [3.05, 3.63) is 72.3 Å².